The third-order valence-corrected chi connectivity index (χ3v) is 4.13. The third kappa shape index (κ3) is 2.44. The molecule has 0 fully saturated rings. The Morgan fingerprint density at radius 1 is 1.22 bits per heavy atom. The quantitative estimate of drug-likeness (QED) is 0.694. The Morgan fingerprint density at radius 2 is 2.09 bits per heavy atom. The Bertz CT molecular complexity index is 885. The highest BCUT2D eigenvalue weighted by molar-refractivity contribution is 6.00. The minimum absolute atomic E-state index is 0.0100. The van der Waals surface area contributed by atoms with E-state index in [1.807, 2.05) is 54.4 Å². The van der Waals surface area contributed by atoms with Crippen LogP contribution < -0.4 is 4.74 Å². The van der Waals surface area contributed by atoms with Gasteiger partial charge in [0, 0.05) is 18.3 Å². The minimum Gasteiger partial charge on any atom is -0.491 e. The Morgan fingerprint density at radius 3 is 3.00 bits per heavy atom. The molecular formula is C18H17N3O2. The number of fused-ring (bicyclic) bond motifs is 2. The zero-order valence-corrected chi connectivity index (χ0v) is 12.9. The average molecular weight is 307 g/mol. The predicted molar refractivity (Wildman–Crippen MR) is 86.6 cm³/mol. The molecule has 0 unspecified atom stereocenters. The molecule has 1 amide bonds. The molecule has 0 saturated carbocycles. The maximum absolute atomic E-state index is 12.9. The number of ether oxygens (including phenoxy) is 1. The van der Waals surface area contributed by atoms with Crippen molar-refractivity contribution in [3.8, 4) is 5.75 Å². The second-order valence-electron chi connectivity index (χ2n) is 5.78. The number of nitrogens with zero attached hydrogens (tertiary/aromatic N) is 3. The average Bonchev–Trinajstić information content (AvgIpc) is 2.84. The molecule has 0 spiro atoms. The number of rotatable bonds is 1. The van der Waals surface area contributed by atoms with Crippen molar-refractivity contribution in [2.75, 3.05) is 13.2 Å². The third-order valence-electron chi connectivity index (χ3n) is 4.13. The molecule has 116 valence electrons. The zero-order valence-electron chi connectivity index (χ0n) is 12.9. The van der Waals surface area contributed by atoms with E-state index in [1.165, 1.54) is 0 Å². The largest absolute Gasteiger partial charge is 0.491 e. The van der Waals surface area contributed by atoms with Crippen molar-refractivity contribution in [2.24, 2.45) is 0 Å². The lowest BCUT2D eigenvalue weighted by Gasteiger charge is -2.19. The van der Waals surface area contributed by atoms with Crippen LogP contribution in [0, 0.1) is 6.92 Å². The number of carbonyl (C=O) groups is 1. The number of aryl methyl sites for hydroxylation is 1. The second kappa shape index (κ2) is 5.43. The van der Waals surface area contributed by atoms with Crippen LogP contribution in [0.2, 0.25) is 0 Å². The van der Waals surface area contributed by atoms with E-state index in [-0.39, 0.29) is 5.91 Å². The first-order chi connectivity index (χ1) is 11.2. The molecule has 1 aromatic carbocycles. The van der Waals surface area contributed by atoms with Crippen LogP contribution in [-0.4, -0.2) is 33.6 Å². The molecule has 5 heteroatoms. The molecule has 1 aliphatic heterocycles. The van der Waals surface area contributed by atoms with Gasteiger partial charge in [0.1, 0.15) is 12.4 Å². The van der Waals surface area contributed by atoms with E-state index in [9.17, 15) is 4.79 Å². The molecule has 0 aliphatic carbocycles. The number of hydrogen-bond acceptors (Lipinski definition) is 3. The van der Waals surface area contributed by atoms with Crippen molar-refractivity contribution < 1.29 is 9.53 Å². The molecule has 1 aliphatic rings. The number of para-hydroxylation sites is 1. The van der Waals surface area contributed by atoms with Crippen molar-refractivity contribution in [1.82, 2.24) is 14.5 Å². The van der Waals surface area contributed by atoms with E-state index < -0.39 is 0 Å². The van der Waals surface area contributed by atoms with Gasteiger partial charge < -0.3 is 9.64 Å². The second-order valence-corrected chi connectivity index (χ2v) is 5.78. The van der Waals surface area contributed by atoms with Crippen LogP contribution in [0.25, 0.3) is 5.52 Å². The highest BCUT2D eigenvalue weighted by Gasteiger charge is 2.23. The Kier molecular flexibility index (Phi) is 3.26. The first-order valence-corrected chi connectivity index (χ1v) is 7.66. The highest BCUT2D eigenvalue weighted by Crippen LogP contribution is 2.24. The summed E-state index contributed by atoms with van der Waals surface area (Å²) < 4.78 is 7.49. The SMILES string of the molecule is Cc1ccc2c(C(=O)N3CCOc4ccccc4C3)cnn2c1. The van der Waals surface area contributed by atoms with Gasteiger partial charge in [-0.05, 0) is 24.6 Å². The molecule has 3 aromatic rings. The summed E-state index contributed by atoms with van der Waals surface area (Å²) in [6.07, 6.45) is 3.57. The van der Waals surface area contributed by atoms with E-state index in [0.717, 1.165) is 22.4 Å². The van der Waals surface area contributed by atoms with Crippen LogP contribution in [0.5, 0.6) is 5.75 Å². The topological polar surface area (TPSA) is 46.8 Å². The summed E-state index contributed by atoms with van der Waals surface area (Å²) in [7, 11) is 0. The van der Waals surface area contributed by atoms with Gasteiger partial charge in [0.05, 0.1) is 23.8 Å². The number of hydrogen-bond donors (Lipinski definition) is 0. The van der Waals surface area contributed by atoms with Crippen LogP contribution in [0.4, 0.5) is 0 Å². The molecule has 23 heavy (non-hydrogen) atoms. The highest BCUT2D eigenvalue weighted by atomic mass is 16.5. The first kappa shape index (κ1) is 13.8. The Labute approximate surface area is 134 Å². The molecule has 4 rings (SSSR count). The number of amides is 1. The van der Waals surface area contributed by atoms with Crippen molar-refractivity contribution in [3.63, 3.8) is 0 Å². The summed E-state index contributed by atoms with van der Waals surface area (Å²) >= 11 is 0. The van der Waals surface area contributed by atoms with Crippen molar-refractivity contribution in [2.45, 2.75) is 13.5 Å². The summed E-state index contributed by atoms with van der Waals surface area (Å²) in [5.74, 6) is 0.849. The van der Waals surface area contributed by atoms with Gasteiger partial charge in [-0.3, -0.25) is 4.79 Å². The van der Waals surface area contributed by atoms with Crippen LogP contribution in [-0.2, 0) is 6.54 Å². The van der Waals surface area contributed by atoms with E-state index in [0.29, 0.717) is 25.3 Å². The van der Waals surface area contributed by atoms with E-state index in [4.69, 9.17) is 4.74 Å². The van der Waals surface area contributed by atoms with Gasteiger partial charge in [-0.1, -0.05) is 24.3 Å². The Hall–Kier alpha value is -2.82. The normalized spacial score (nSPS) is 14.2. The molecule has 5 nitrogen and oxygen atoms in total. The predicted octanol–water partition coefficient (Wildman–Crippen LogP) is 2.68. The molecule has 0 N–H and O–H groups in total. The fourth-order valence-corrected chi connectivity index (χ4v) is 2.92. The van der Waals surface area contributed by atoms with Crippen LogP contribution in [0.3, 0.4) is 0 Å². The van der Waals surface area contributed by atoms with Crippen molar-refractivity contribution >= 4 is 11.4 Å². The van der Waals surface area contributed by atoms with Gasteiger partial charge in [-0.2, -0.15) is 5.10 Å². The number of aromatic nitrogens is 2. The summed E-state index contributed by atoms with van der Waals surface area (Å²) in [6.45, 7) is 3.63. The smallest absolute Gasteiger partial charge is 0.258 e. The fourth-order valence-electron chi connectivity index (χ4n) is 2.92. The lowest BCUT2D eigenvalue weighted by molar-refractivity contribution is 0.0735. The van der Waals surface area contributed by atoms with Crippen molar-refractivity contribution in [1.29, 1.82) is 0 Å². The van der Waals surface area contributed by atoms with E-state index in [1.54, 1.807) is 10.7 Å². The monoisotopic (exact) mass is 307 g/mol. The first-order valence-electron chi connectivity index (χ1n) is 7.66. The lowest BCUT2D eigenvalue weighted by atomic mass is 10.1. The lowest BCUT2D eigenvalue weighted by Crippen LogP contribution is -2.32. The summed E-state index contributed by atoms with van der Waals surface area (Å²) in [6, 6.07) is 11.8. The summed E-state index contributed by atoms with van der Waals surface area (Å²) in [5.41, 5.74) is 3.60. The Balaban J connectivity index is 1.68. The molecule has 0 radical (unpaired) electrons. The maximum Gasteiger partial charge on any atom is 0.258 e. The van der Waals surface area contributed by atoms with Gasteiger partial charge in [0.2, 0.25) is 0 Å². The fraction of sp³-hybridized carbons (Fsp3) is 0.222. The molecule has 0 bridgehead atoms. The van der Waals surface area contributed by atoms with E-state index in [2.05, 4.69) is 5.10 Å². The number of benzene rings is 1. The standard InChI is InChI=1S/C18H17N3O2/c1-13-6-7-16-15(10-19-21(16)11-13)18(22)20-8-9-23-17-5-3-2-4-14(17)12-20/h2-7,10-11H,8-9,12H2,1H3. The van der Waals surface area contributed by atoms with Crippen LogP contribution in [0.1, 0.15) is 21.5 Å². The molecular weight excluding hydrogens is 290 g/mol. The zero-order chi connectivity index (χ0) is 15.8. The summed E-state index contributed by atoms with van der Waals surface area (Å²) in [4.78, 5) is 14.8. The molecule has 0 atom stereocenters. The minimum atomic E-state index is -0.0100. The van der Waals surface area contributed by atoms with Gasteiger partial charge in [-0.25, -0.2) is 4.52 Å². The molecule has 0 saturated heterocycles. The van der Waals surface area contributed by atoms with Crippen molar-refractivity contribution in [3.05, 3.63) is 65.5 Å². The van der Waals surface area contributed by atoms with E-state index >= 15 is 0 Å². The molecule has 2 aromatic heterocycles. The maximum atomic E-state index is 12.9. The van der Waals surface area contributed by atoms with Gasteiger partial charge >= 0.3 is 0 Å². The van der Waals surface area contributed by atoms with Crippen LogP contribution >= 0.6 is 0 Å². The molecule has 3 heterocycles. The summed E-state index contributed by atoms with van der Waals surface area (Å²) in [5, 5.41) is 4.30. The van der Waals surface area contributed by atoms with Gasteiger partial charge in [-0.15, -0.1) is 0 Å². The number of carbonyl (C=O) groups excluding carboxylic acids is 1. The van der Waals surface area contributed by atoms with Crippen LogP contribution in [0.15, 0.2) is 48.8 Å². The number of pyridine rings is 1. The van der Waals surface area contributed by atoms with Gasteiger partial charge in [0.15, 0.2) is 0 Å². The van der Waals surface area contributed by atoms with Gasteiger partial charge in [0.25, 0.3) is 5.91 Å².